The molecule has 1 aliphatic carbocycles. The molecule has 114 valence electrons. The number of anilines is 1. The Morgan fingerprint density at radius 2 is 1.90 bits per heavy atom. The molecule has 0 atom stereocenters. The molecule has 1 heterocycles. The molecule has 6 heteroatoms. The van der Waals surface area contributed by atoms with Crippen LogP contribution in [0.3, 0.4) is 0 Å². The minimum Gasteiger partial charge on any atom is -0.326 e. The van der Waals surface area contributed by atoms with E-state index in [9.17, 15) is 13.2 Å². The summed E-state index contributed by atoms with van der Waals surface area (Å²) in [5.74, 6) is -0.329. The molecule has 0 spiro atoms. The van der Waals surface area contributed by atoms with Crippen molar-refractivity contribution in [2.45, 2.75) is 31.9 Å². The summed E-state index contributed by atoms with van der Waals surface area (Å²) >= 11 is 0. The molecule has 21 heavy (non-hydrogen) atoms. The van der Waals surface area contributed by atoms with Gasteiger partial charge >= 0.3 is 0 Å². The number of rotatable bonds is 4. The van der Waals surface area contributed by atoms with E-state index in [-0.39, 0.29) is 17.1 Å². The maximum absolute atomic E-state index is 12.2. The molecule has 2 fully saturated rings. The number of nitrogens with zero attached hydrogens (tertiary/aromatic N) is 1. The monoisotopic (exact) mass is 308 g/mol. The van der Waals surface area contributed by atoms with Gasteiger partial charge in [-0.05, 0) is 43.9 Å². The number of hydrogen-bond donors (Lipinski definition) is 1. The zero-order valence-corrected chi connectivity index (χ0v) is 13.1. The average Bonchev–Trinajstić information content (AvgIpc) is 3.17. The molecule has 1 N–H and O–H groups in total. The van der Waals surface area contributed by atoms with E-state index >= 15 is 0 Å². The second kappa shape index (κ2) is 5.10. The van der Waals surface area contributed by atoms with Gasteiger partial charge in [-0.25, -0.2) is 8.42 Å². The van der Waals surface area contributed by atoms with Crippen LogP contribution in [0.2, 0.25) is 0 Å². The van der Waals surface area contributed by atoms with Gasteiger partial charge in [-0.3, -0.25) is 4.79 Å². The Labute approximate surface area is 125 Å². The van der Waals surface area contributed by atoms with Crippen molar-refractivity contribution in [3.05, 3.63) is 29.3 Å². The molecular formula is C15H20N2O3S. The summed E-state index contributed by atoms with van der Waals surface area (Å²) in [7, 11) is -3.13. The zero-order valence-electron chi connectivity index (χ0n) is 12.3. The molecule has 0 bridgehead atoms. The van der Waals surface area contributed by atoms with Crippen LogP contribution in [0.1, 0.15) is 24.0 Å². The van der Waals surface area contributed by atoms with Crippen LogP contribution in [0.15, 0.2) is 18.2 Å². The molecule has 1 aromatic rings. The van der Waals surface area contributed by atoms with E-state index in [0.717, 1.165) is 29.7 Å². The van der Waals surface area contributed by atoms with Crippen LogP contribution in [-0.2, 0) is 14.8 Å². The van der Waals surface area contributed by atoms with Gasteiger partial charge in [0.2, 0.25) is 15.9 Å². The summed E-state index contributed by atoms with van der Waals surface area (Å²) in [5, 5.41) is 2.72. The summed E-state index contributed by atoms with van der Waals surface area (Å²) in [5.41, 5.74) is 2.98. The molecule has 1 aromatic carbocycles. The molecule has 0 radical (unpaired) electrons. The minimum absolute atomic E-state index is 0.0917. The number of carbonyl (C=O) groups excluding carboxylic acids is 1. The van der Waals surface area contributed by atoms with Gasteiger partial charge in [0.15, 0.2) is 0 Å². The predicted octanol–water partition coefficient (Wildman–Crippen LogP) is 1.67. The first-order chi connectivity index (χ1) is 9.89. The van der Waals surface area contributed by atoms with Crippen molar-refractivity contribution in [1.29, 1.82) is 0 Å². The Balaban J connectivity index is 1.60. The first-order valence-electron chi connectivity index (χ1n) is 7.25. The molecular weight excluding hydrogens is 288 g/mol. The van der Waals surface area contributed by atoms with Crippen molar-refractivity contribution in [2.75, 3.05) is 18.4 Å². The fourth-order valence-electron chi connectivity index (χ4n) is 2.51. The molecule has 2 aliphatic rings. The highest BCUT2D eigenvalue weighted by Crippen LogP contribution is 2.34. The summed E-state index contributed by atoms with van der Waals surface area (Å²) < 4.78 is 25.4. The number of aryl methyl sites for hydroxylation is 1. The van der Waals surface area contributed by atoms with E-state index < -0.39 is 10.0 Å². The van der Waals surface area contributed by atoms with Crippen molar-refractivity contribution in [2.24, 2.45) is 5.92 Å². The Morgan fingerprint density at radius 3 is 2.52 bits per heavy atom. The maximum atomic E-state index is 12.2. The van der Waals surface area contributed by atoms with Gasteiger partial charge in [0.05, 0.1) is 11.2 Å². The van der Waals surface area contributed by atoms with Crippen LogP contribution in [-0.4, -0.2) is 37.0 Å². The topological polar surface area (TPSA) is 66.5 Å². The zero-order chi connectivity index (χ0) is 15.2. The largest absolute Gasteiger partial charge is 0.326 e. The normalized spacial score (nSPS) is 20.1. The van der Waals surface area contributed by atoms with Crippen molar-refractivity contribution in [3.8, 4) is 0 Å². The lowest BCUT2D eigenvalue weighted by atomic mass is 10.0. The second-order valence-corrected chi connectivity index (χ2v) is 8.21. The number of hydrogen-bond acceptors (Lipinski definition) is 3. The Morgan fingerprint density at radius 1 is 1.24 bits per heavy atom. The van der Waals surface area contributed by atoms with Gasteiger partial charge in [0.1, 0.15) is 0 Å². The van der Waals surface area contributed by atoms with Gasteiger partial charge in [-0.1, -0.05) is 12.1 Å². The van der Waals surface area contributed by atoms with Gasteiger partial charge < -0.3 is 5.32 Å². The lowest BCUT2D eigenvalue weighted by Gasteiger charge is -2.37. The van der Waals surface area contributed by atoms with E-state index in [1.807, 2.05) is 32.0 Å². The molecule has 3 rings (SSSR count). The van der Waals surface area contributed by atoms with Crippen LogP contribution in [0.5, 0.6) is 0 Å². The summed E-state index contributed by atoms with van der Waals surface area (Å²) in [4.78, 5) is 12.2. The first kappa shape index (κ1) is 14.5. The highest BCUT2D eigenvalue weighted by atomic mass is 32.2. The standard InChI is InChI=1S/C15H20N2O3S/c1-10-4-3-5-14(11(10)2)16-15(18)12-8-17(9-12)21(19,20)13-6-7-13/h3-5,12-13H,6-9H2,1-2H3,(H,16,18). The van der Waals surface area contributed by atoms with Crippen molar-refractivity contribution in [1.82, 2.24) is 4.31 Å². The molecule has 5 nitrogen and oxygen atoms in total. The molecule has 1 amide bonds. The highest BCUT2D eigenvalue weighted by Gasteiger charge is 2.46. The number of amides is 1. The third kappa shape index (κ3) is 2.70. The summed E-state index contributed by atoms with van der Waals surface area (Å²) in [6, 6.07) is 5.78. The highest BCUT2D eigenvalue weighted by molar-refractivity contribution is 7.90. The Bertz CT molecular complexity index is 674. The van der Waals surface area contributed by atoms with Gasteiger partial charge in [0, 0.05) is 18.8 Å². The molecule has 1 saturated carbocycles. The van der Waals surface area contributed by atoms with Crippen molar-refractivity contribution >= 4 is 21.6 Å². The van der Waals surface area contributed by atoms with E-state index in [1.165, 1.54) is 4.31 Å². The third-order valence-corrected chi connectivity index (χ3v) is 6.72. The third-order valence-electron chi connectivity index (χ3n) is 4.39. The quantitative estimate of drug-likeness (QED) is 0.920. The van der Waals surface area contributed by atoms with Crippen molar-refractivity contribution < 1.29 is 13.2 Å². The summed E-state index contributed by atoms with van der Waals surface area (Å²) in [6.45, 7) is 4.60. The SMILES string of the molecule is Cc1cccc(NC(=O)C2CN(S(=O)(=O)C3CC3)C2)c1C. The molecule has 1 saturated heterocycles. The number of benzene rings is 1. The van der Waals surface area contributed by atoms with Crippen LogP contribution >= 0.6 is 0 Å². The maximum Gasteiger partial charge on any atom is 0.230 e. The summed E-state index contributed by atoms with van der Waals surface area (Å²) in [6.07, 6.45) is 1.52. The van der Waals surface area contributed by atoms with Gasteiger partial charge in [-0.2, -0.15) is 4.31 Å². The van der Waals surface area contributed by atoms with Crippen LogP contribution in [0.25, 0.3) is 0 Å². The Hall–Kier alpha value is -1.40. The van der Waals surface area contributed by atoms with E-state index in [4.69, 9.17) is 0 Å². The fraction of sp³-hybridized carbons (Fsp3) is 0.533. The van der Waals surface area contributed by atoms with E-state index in [0.29, 0.717) is 13.1 Å². The van der Waals surface area contributed by atoms with Crippen LogP contribution in [0.4, 0.5) is 5.69 Å². The fourth-order valence-corrected chi connectivity index (χ4v) is 4.44. The minimum atomic E-state index is -3.13. The second-order valence-electron chi connectivity index (χ2n) is 5.99. The number of nitrogens with one attached hydrogen (secondary N) is 1. The smallest absolute Gasteiger partial charge is 0.230 e. The van der Waals surface area contributed by atoms with Crippen LogP contribution < -0.4 is 5.32 Å². The molecule has 0 aromatic heterocycles. The first-order valence-corrected chi connectivity index (χ1v) is 8.76. The molecule has 0 unspecified atom stereocenters. The van der Waals surface area contributed by atoms with E-state index in [2.05, 4.69) is 5.32 Å². The van der Waals surface area contributed by atoms with E-state index in [1.54, 1.807) is 0 Å². The average molecular weight is 308 g/mol. The molecule has 1 aliphatic heterocycles. The van der Waals surface area contributed by atoms with Crippen LogP contribution in [0, 0.1) is 19.8 Å². The number of sulfonamides is 1. The number of carbonyl (C=O) groups is 1. The lowest BCUT2D eigenvalue weighted by Crippen LogP contribution is -2.55. The Kier molecular flexibility index (Phi) is 3.53. The van der Waals surface area contributed by atoms with Gasteiger partial charge in [0.25, 0.3) is 0 Å². The van der Waals surface area contributed by atoms with Gasteiger partial charge in [-0.15, -0.1) is 0 Å². The lowest BCUT2D eigenvalue weighted by molar-refractivity contribution is -0.122. The predicted molar refractivity (Wildman–Crippen MR) is 81.6 cm³/mol. The van der Waals surface area contributed by atoms with Crippen molar-refractivity contribution in [3.63, 3.8) is 0 Å².